The maximum Gasteiger partial charge on any atom is 0.127 e. The lowest BCUT2D eigenvalue weighted by molar-refractivity contribution is 0.160. The van der Waals surface area contributed by atoms with E-state index in [-0.39, 0.29) is 18.0 Å². The van der Waals surface area contributed by atoms with E-state index in [1.807, 2.05) is 25.1 Å². The molecule has 2 atom stereocenters. The van der Waals surface area contributed by atoms with Crippen LogP contribution in [0.15, 0.2) is 36.4 Å². The lowest BCUT2D eigenvalue weighted by Gasteiger charge is -2.31. The number of ether oxygens (including phenoxy) is 1. The molecule has 1 heterocycles. The number of aryl methyl sites for hydroxylation is 1. The van der Waals surface area contributed by atoms with Gasteiger partial charge in [0.25, 0.3) is 0 Å². The van der Waals surface area contributed by atoms with Crippen LogP contribution in [-0.4, -0.2) is 0 Å². The Hall–Kier alpha value is -1.58. The van der Waals surface area contributed by atoms with Crippen LogP contribution < -0.4 is 10.5 Å². The topological polar surface area (TPSA) is 35.2 Å². The Bertz CT molecular complexity index is 659. The number of hydrogen-bond donors (Lipinski definition) is 1. The quantitative estimate of drug-likeness (QED) is 0.849. The lowest BCUT2D eigenvalue weighted by Crippen LogP contribution is -2.24. The highest BCUT2D eigenvalue weighted by molar-refractivity contribution is 6.30. The third-order valence-corrected chi connectivity index (χ3v) is 3.93. The number of benzene rings is 2. The minimum Gasteiger partial charge on any atom is -0.485 e. The second-order valence-electron chi connectivity index (χ2n) is 5.13. The van der Waals surface area contributed by atoms with Gasteiger partial charge in [0.05, 0.1) is 0 Å². The predicted octanol–water partition coefficient (Wildman–Crippen LogP) is 4.31. The molecule has 2 aromatic rings. The van der Waals surface area contributed by atoms with E-state index in [2.05, 4.69) is 0 Å². The third-order valence-electron chi connectivity index (χ3n) is 3.69. The van der Waals surface area contributed by atoms with Gasteiger partial charge in [0.1, 0.15) is 17.7 Å². The van der Waals surface area contributed by atoms with Crippen molar-refractivity contribution in [2.75, 3.05) is 0 Å². The summed E-state index contributed by atoms with van der Waals surface area (Å²) in [7, 11) is 0. The fourth-order valence-corrected chi connectivity index (χ4v) is 2.89. The normalized spacial score (nSPS) is 21.2. The molecular formula is C16H15ClFNO. The summed E-state index contributed by atoms with van der Waals surface area (Å²) in [5.41, 5.74) is 9.12. The van der Waals surface area contributed by atoms with Gasteiger partial charge in [-0.2, -0.15) is 0 Å². The van der Waals surface area contributed by atoms with Crippen LogP contribution in [0.5, 0.6) is 5.75 Å². The van der Waals surface area contributed by atoms with E-state index in [0.29, 0.717) is 17.2 Å². The van der Waals surface area contributed by atoms with Gasteiger partial charge in [-0.15, -0.1) is 0 Å². The average Bonchev–Trinajstić information content (AvgIpc) is 2.37. The third kappa shape index (κ3) is 2.39. The molecule has 1 aliphatic rings. The van der Waals surface area contributed by atoms with Crippen molar-refractivity contribution in [1.82, 2.24) is 0 Å². The highest BCUT2D eigenvalue weighted by atomic mass is 35.5. The molecule has 2 N–H and O–H groups in total. The average molecular weight is 292 g/mol. The predicted molar refractivity (Wildman–Crippen MR) is 77.5 cm³/mol. The number of nitrogens with two attached hydrogens (primary N) is 1. The Morgan fingerprint density at radius 2 is 1.95 bits per heavy atom. The SMILES string of the molecule is Cc1cc(Cl)ccc1C1C[C@@H](N)c2ccc(F)cc2O1. The van der Waals surface area contributed by atoms with Gasteiger partial charge >= 0.3 is 0 Å². The minimum atomic E-state index is -0.315. The summed E-state index contributed by atoms with van der Waals surface area (Å²) < 4.78 is 19.3. The summed E-state index contributed by atoms with van der Waals surface area (Å²) in [6.07, 6.45) is 0.498. The van der Waals surface area contributed by atoms with Gasteiger partial charge in [0.2, 0.25) is 0 Å². The van der Waals surface area contributed by atoms with Crippen molar-refractivity contribution >= 4 is 11.6 Å². The molecule has 104 valence electrons. The smallest absolute Gasteiger partial charge is 0.127 e. The molecule has 2 aromatic carbocycles. The second-order valence-corrected chi connectivity index (χ2v) is 5.57. The molecule has 0 spiro atoms. The summed E-state index contributed by atoms with van der Waals surface area (Å²) in [6, 6.07) is 10.0. The minimum absolute atomic E-state index is 0.153. The van der Waals surface area contributed by atoms with Crippen molar-refractivity contribution in [1.29, 1.82) is 0 Å². The van der Waals surface area contributed by atoms with Gasteiger partial charge in [-0.25, -0.2) is 4.39 Å². The Labute approximate surface area is 122 Å². The zero-order valence-corrected chi connectivity index (χ0v) is 11.8. The molecular weight excluding hydrogens is 277 g/mol. The first-order valence-electron chi connectivity index (χ1n) is 6.52. The second kappa shape index (κ2) is 5.08. The number of rotatable bonds is 1. The van der Waals surface area contributed by atoms with Crippen molar-refractivity contribution < 1.29 is 9.13 Å². The van der Waals surface area contributed by atoms with E-state index < -0.39 is 0 Å². The van der Waals surface area contributed by atoms with Crippen LogP contribution in [0.2, 0.25) is 5.02 Å². The molecule has 0 radical (unpaired) electrons. The summed E-state index contributed by atoms with van der Waals surface area (Å²) >= 11 is 5.97. The first-order chi connectivity index (χ1) is 9.54. The largest absolute Gasteiger partial charge is 0.485 e. The summed E-state index contributed by atoms with van der Waals surface area (Å²) in [5.74, 6) is 0.215. The maximum absolute atomic E-state index is 13.3. The first-order valence-corrected chi connectivity index (χ1v) is 6.90. The van der Waals surface area contributed by atoms with E-state index in [9.17, 15) is 4.39 Å². The fourth-order valence-electron chi connectivity index (χ4n) is 2.67. The van der Waals surface area contributed by atoms with Gasteiger partial charge in [-0.05, 0) is 36.2 Å². The molecule has 0 fully saturated rings. The van der Waals surface area contributed by atoms with E-state index in [0.717, 1.165) is 16.7 Å². The van der Waals surface area contributed by atoms with E-state index in [1.54, 1.807) is 6.07 Å². The molecule has 1 unspecified atom stereocenters. The van der Waals surface area contributed by atoms with E-state index >= 15 is 0 Å². The van der Waals surface area contributed by atoms with Gasteiger partial charge in [0, 0.05) is 29.1 Å². The first kappa shape index (κ1) is 13.4. The Morgan fingerprint density at radius 3 is 2.70 bits per heavy atom. The number of halogens is 2. The van der Waals surface area contributed by atoms with E-state index in [1.165, 1.54) is 12.1 Å². The Balaban J connectivity index is 1.98. The van der Waals surface area contributed by atoms with E-state index in [4.69, 9.17) is 22.1 Å². The van der Waals surface area contributed by atoms with Crippen molar-refractivity contribution in [3.8, 4) is 5.75 Å². The Kier molecular flexibility index (Phi) is 3.40. The van der Waals surface area contributed by atoms with Crippen LogP contribution >= 0.6 is 11.6 Å². The van der Waals surface area contributed by atoms with Gasteiger partial charge in [-0.1, -0.05) is 23.7 Å². The monoisotopic (exact) mass is 291 g/mol. The van der Waals surface area contributed by atoms with Crippen LogP contribution in [0.4, 0.5) is 4.39 Å². The molecule has 2 nitrogen and oxygen atoms in total. The molecule has 20 heavy (non-hydrogen) atoms. The van der Waals surface area contributed by atoms with Crippen molar-refractivity contribution in [3.63, 3.8) is 0 Å². The standard InChI is InChI=1S/C16H15ClFNO/c1-9-6-10(17)2-4-12(9)16-8-14(19)13-5-3-11(18)7-15(13)20-16/h2-7,14,16H,8,19H2,1H3/t14-,16?/m1/s1. The molecule has 1 aliphatic heterocycles. The van der Waals surface area contributed by atoms with Crippen molar-refractivity contribution in [2.24, 2.45) is 5.73 Å². The molecule has 0 bridgehead atoms. The zero-order valence-electron chi connectivity index (χ0n) is 11.1. The zero-order chi connectivity index (χ0) is 14.3. The lowest BCUT2D eigenvalue weighted by atomic mass is 9.92. The maximum atomic E-state index is 13.3. The molecule has 0 saturated carbocycles. The summed E-state index contributed by atoms with van der Waals surface area (Å²) in [4.78, 5) is 0. The van der Waals surface area contributed by atoms with Crippen molar-refractivity contribution in [3.05, 3.63) is 63.9 Å². The van der Waals surface area contributed by atoms with Crippen LogP contribution in [0.25, 0.3) is 0 Å². The van der Waals surface area contributed by atoms with Crippen LogP contribution in [0.1, 0.15) is 35.3 Å². The molecule has 0 saturated heterocycles. The van der Waals surface area contributed by atoms with Crippen LogP contribution in [-0.2, 0) is 0 Å². The van der Waals surface area contributed by atoms with Gasteiger partial charge in [-0.3, -0.25) is 0 Å². The number of hydrogen-bond acceptors (Lipinski definition) is 2. The summed E-state index contributed by atoms with van der Waals surface area (Å²) in [5, 5.41) is 0.692. The van der Waals surface area contributed by atoms with Crippen LogP contribution in [0, 0.1) is 12.7 Å². The number of fused-ring (bicyclic) bond motifs is 1. The van der Waals surface area contributed by atoms with Crippen molar-refractivity contribution in [2.45, 2.75) is 25.5 Å². The fraction of sp³-hybridized carbons (Fsp3) is 0.250. The van der Waals surface area contributed by atoms with Gasteiger partial charge < -0.3 is 10.5 Å². The molecule has 4 heteroatoms. The van der Waals surface area contributed by atoms with Gasteiger partial charge in [0.15, 0.2) is 0 Å². The Morgan fingerprint density at radius 1 is 1.20 bits per heavy atom. The van der Waals surface area contributed by atoms with Crippen LogP contribution in [0.3, 0.4) is 0 Å². The molecule has 3 rings (SSSR count). The molecule has 0 aliphatic carbocycles. The highest BCUT2D eigenvalue weighted by Gasteiger charge is 2.28. The molecule has 0 aromatic heterocycles. The highest BCUT2D eigenvalue weighted by Crippen LogP contribution is 2.40. The summed E-state index contributed by atoms with van der Waals surface area (Å²) in [6.45, 7) is 1.98. The molecule has 0 amide bonds.